The van der Waals surface area contributed by atoms with E-state index in [2.05, 4.69) is 10.2 Å². The van der Waals surface area contributed by atoms with Crippen LogP contribution in [0.25, 0.3) is 0 Å². The number of carbonyl (C=O) groups excluding carboxylic acids is 1. The van der Waals surface area contributed by atoms with E-state index >= 15 is 0 Å². The van der Waals surface area contributed by atoms with Crippen LogP contribution < -0.4 is 9.47 Å². The van der Waals surface area contributed by atoms with Crippen molar-refractivity contribution < 1.29 is 14.3 Å². The molecule has 1 N–H and O–H groups in total. The van der Waals surface area contributed by atoms with Crippen LogP contribution in [-0.2, 0) is 12.8 Å². The van der Waals surface area contributed by atoms with Crippen molar-refractivity contribution in [3.05, 3.63) is 40.7 Å². The van der Waals surface area contributed by atoms with E-state index in [1.54, 1.807) is 14.2 Å². The molecule has 25 heavy (non-hydrogen) atoms. The maximum atomic E-state index is 12.9. The van der Waals surface area contributed by atoms with E-state index < -0.39 is 0 Å². The molecule has 6 nitrogen and oxygen atoms in total. The molecule has 1 fully saturated rings. The van der Waals surface area contributed by atoms with Crippen molar-refractivity contribution in [2.24, 2.45) is 0 Å². The standard InChI is InChI=1S/C19H23N3O3/c1-24-13-6-7-17(25-2)15(10-13)12-8-9-22(11-12)19(23)18-14-4-3-5-16(14)20-21-18/h6-7,10,12H,3-5,8-9,11H2,1-2H3,(H,20,21)/t12-/m1/s1. The Morgan fingerprint density at radius 2 is 2.16 bits per heavy atom. The summed E-state index contributed by atoms with van der Waals surface area (Å²) >= 11 is 0. The summed E-state index contributed by atoms with van der Waals surface area (Å²) < 4.78 is 10.9. The number of nitrogens with zero attached hydrogens (tertiary/aromatic N) is 2. The second-order valence-electron chi connectivity index (χ2n) is 6.73. The van der Waals surface area contributed by atoms with Crippen molar-refractivity contribution in [3.8, 4) is 11.5 Å². The third kappa shape index (κ3) is 2.75. The average molecular weight is 341 g/mol. The van der Waals surface area contributed by atoms with Crippen LogP contribution >= 0.6 is 0 Å². The lowest BCUT2D eigenvalue weighted by atomic mass is 9.97. The molecule has 2 heterocycles. The molecule has 1 aromatic heterocycles. The Balaban J connectivity index is 1.54. The van der Waals surface area contributed by atoms with Gasteiger partial charge in [0, 0.05) is 35.8 Å². The molecule has 2 aliphatic rings. The minimum atomic E-state index is 0.0452. The molecule has 6 heteroatoms. The minimum Gasteiger partial charge on any atom is -0.497 e. The molecule has 2 aromatic rings. The van der Waals surface area contributed by atoms with Crippen molar-refractivity contribution in [2.75, 3.05) is 27.3 Å². The van der Waals surface area contributed by atoms with E-state index in [0.29, 0.717) is 12.2 Å². The van der Waals surface area contributed by atoms with Gasteiger partial charge in [-0.1, -0.05) is 0 Å². The number of ether oxygens (including phenoxy) is 2. The van der Waals surface area contributed by atoms with Crippen LogP contribution in [0.15, 0.2) is 18.2 Å². The Bertz CT molecular complexity index is 799. The van der Waals surface area contributed by atoms with Gasteiger partial charge in [0.15, 0.2) is 5.69 Å². The first kappa shape index (κ1) is 16.0. The summed E-state index contributed by atoms with van der Waals surface area (Å²) in [5, 5.41) is 7.31. The highest BCUT2D eigenvalue weighted by molar-refractivity contribution is 5.94. The number of carbonyl (C=O) groups is 1. The molecule has 0 radical (unpaired) electrons. The number of amides is 1. The van der Waals surface area contributed by atoms with E-state index in [-0.39, 0.29) is 11.8 Å². The van der Waals surface area contributed by atoms with Crippen molar-refractivity contribution in [2.45, 2.75) is 31.6 Å². The fourth-order valence-corrected chi connectivity index (χ4v) is 4.00. The fraction of sp³-hybridized carbons (Fsp3) is 0.474. The van der Waals surface area contributed by atoms with Gasteiger partial charge in [0.2, 0.25) is 0 Å². The summed E-state index contributed by atoms with van der Waals surface area (Å²) in [6.07, 6.45) is 3.97. The van der Waals surface area contributed by atoms with Crippen LogP contribution in [0, 0.1) is 0 Å². The lowest BCUT2D eigenvalue weighted by molar-refractivity contribution is 0.0783. The number of aromatic nitrogens is 2. The Labute approximate surface area is 147 Å². The quantitative estimate of drug-likeness (QED) is 0.928. The molecular formula is C19H23N3O3. The van der Waals surface area contributed by atoms with Gasteiger partial charge in [-0.2, -0.15) is 5.10 Å². The van der Waals surface area contributed by atoms with E-state index in [1.165, 1.54) is 0 Å². The summed E-state index contributed by atoms with van der Waals surface area (Å²) in [5.74, 6) is 1.95. The topological polar surface area (TPSA) is 67.5 Å². The highest BCUT2D eigenvalue weighted by atomic mass is 16.5. The zero-order chi connectivity index (χ0) is 17.4. The van der Waals surface area contributed by atoms with Gasteiger partial charge in [0.05, 0.1) is 14.2 Å². The molecule has 1 aliphatic heterocycles. The van der Waals surface area contributed by atoms with Gasteiger partial charge < -0.3 is 14.4 Å². The number of benzene rings is 1. The van der Waals surface area contributed by atoms with E-state index in [1.807, 2.05) is 23.1 Å². The van der Waals surface area contributed by atoms with Crippen LogP contribution in [0.2, 0.25) is 0 Å². The molecule has 4 rings (SSSR count). The monoisotopic (exact) mass is 341 g/mol. The van der Waals surface area contributed by atoms with Crippen molar-refractivity contribution in [1.29, 1.82) is 0 Å². The maximum absolute atomic E-state index is 12.9. The largest absolute Gasteiger partial charge is 0.497 e. The van der Waals surface area contributed by atoms with Gasteiger partial charge in [-0.3, -0.25) is 9.89 Å². The predicted molar refractivity (Wildman–Crippen MR) is 93.4 cm³/mol. The number of fused-ring (bicyclic) bond motifs is 1. The second kappa shape index (κ2) is 6.43. The number of aryl methyl sites for hydroxylation is 1. The molecule has 0 unspecified atom stereocenters. The lowest BCUT2D eigenvalue weighted by Crippen LogP contribution is -2.29. The lowest BCUT2D eigenvalue weighted by Gasteiger charge is -2.18. The first-order chi connectivity index (χ1) is 12.2. The first-order valence-electron chi connectivity index (χ1n) is 8.78. The molecule has 1 aliphatic carbocycles. The SMILES string of the molecule is COc1ccc(OC)c([C@@H]2CCN(C(=O)c3n[nH]c4c3CCC4)C2)c1. The number of hydrogen-bond donors (Lipinski definition) is 1. The zero-order valence-electron chi connectivity index (χ0n) is 14.7. The average Bonchev–Trinajstić information content (AvgIpc) is 3.36. The summed E-state index contributed by atoms with van der Waals surface area (Å²) in [6.45, 7) is 1.43. The van der Waals surface area contributed by atoms with Gasteiger partial charge in [-0.25, -0.2) is 0 Å². The number of H-pyrrole nitrogens is 1. The Hall–Kier alpha value is -2.50. The number of methoxy groups -OCH3 is 2. The highest BCUT2D eigenvalue weighted by Gasteiger charge is 2.33. The molecule has 1 amide bonds. The third-order valence-electron chi connectivity index (χ3n) is 5.36. The molecule has 0 saturated carbocycles. The highest BCUT2D eigenvalue weighted by Crippen LogP contribution is 2.36. The van der Waals surface area contributed by atoms with Crippen molar-refractivity contribution >= 4 is 5.91 Å². The fourth-order valence-electron chi connectivity index (χ4n) is 4.00. The molecule has 132 valence electrons. The van der Waals surface area contributed by atoms with Crippen LogP contribution in [-0.4, -0.2) is 48.3 Å². The predicted octanol–water partition coefficient (Wildman–Crippen LogP) is 2.55. The summed E-state index contributed by atoms with van der Waals surface area (Å²) in [4.78, 5) is 14.8. The zero-order valence-corrected chi connectivity index (χ0v) is 14.7. The van der Waals surface area contributed by atoms with Gasteiger partial charge in [-0.05, 0) is 43.9 Å². The Kier molecular flexibility index (Phi) is 4.11. The van der Waals surface area contributed by atoms with Crippen LogP contribution in [0.4, 0.5) is 0 Å². The van der Waals surface area contributed by atoms with Crippen LogP contribution in [0.3, 0.4) is 0 Å². The Morgan fingerprint density at radius 1 is 1.28 bits per heavy atom. The number of likely N-dealkylation sites (tertiary alicyclic amines) is 1. The molecule has 0 spiro atoms. The van der Waals surface area contributed by atoms with Crippen LogP contribution in [0.1, 0.15) is 46.1 Å². The summed E-state index contributed by atoms with van der Waals surface area (Å²) in [5.41, 5.74) is 3.97. The van der Waals surface area contributed by atoms with Crippen LogP contribution in [0.5, 0.6) is 11.5 Å². The van der Waals surface area contributed by atoms with E-state index in [9.17, 15) is 4.79 Å². The normalized spacial score (nSPS) is 19.1. The van der Waals surface area contributed by atoms with E-state index in [0.717, 1.165) is 60.5 Å². The van der Waals surface area contributed by atoms with Gasteiger partial charge in [0.1, 0.15) is 11.5 Å². The van der Waals surface area contributed by atoms with Crippen molar-refractivity contribution in [3.63, 3.8) is 0 Å². The summed E-state index contributed by atoms with van der Waals surface area (Å²) in [7, 11) is 3.34. The Morgan fingerprint density at radius 3 is 2.96 bits per heavy atom. The van der Waals surface area contributed by atoms with Gasteiger partial charge in [0.25, 0.3) is 5.91 Å². The second-order valence-corrected chi connectivity index (χ2v) is 6.73. The number of aromatic amines is 1. The first-order valence-corrected chi connectivity index (χ1v) is 8.78. The van der Waals surface area contributed by atoms with Gasteiger partial charge in [-0.15, -0.1) is 0 Å². The van der Waals surface area contributed by atoms with E-state index in [4.69, 9.17) is 9.47 Å². The van der Waals surface area contributed by atoms with Gasteiger partial charge >= 0.3 is 0 Å². The molecular weight excluding hydrogens is 318 g/mol. The third-order valence-corrected chi connectivity index (χ3v) is 5.36. The summed E-state index contributed by atoms with van der Waals surface area (Å²) in [6, 6.07) is 5.84. The number of nitrogens with one attached hydrogen (secondary N) is 1. The smallest absolute Gasteiger partial charge is 0.274 e. The molecule has 0 bridgehead atoms. The number of rotatable bonds is 4. The van der Waals surface area contributed by atoms with Crippen molar-refractivity contribution in [1.82, 2.24) is 15.1 Å². The molecule has 1 aromatic carbocycles. The number of hydrogen-bond acceptors (Lipinski definition) is 4. The molecule has 1 saturated heterocycles. The maximum Gasteiger partial charge on any atom is 0.274 e. The molecule has 1 atom stereocenters. The minimum absolute atomic E-state index is 0.0452.